The van der Waals surface area contributed by atoms with E-state index in [1.807, 2.05) is 48.2 Å². The Morgan fingerprint density at radius 1 is 1.14 bits per heavy atom. The number of aromatic amines is 1. The Morgan fingerprint density at radius 2 is 1.91 bits per heavy atom. The number of phenols is 1. The Labute approximate surface area is 204 Å². The van der Waals surface area contributed by atoms with Gasteiger partial charge in [0.1, 0.15) is 11.4 Å². The third-order valence-corrected chi connectivity index (χ3v) is 6.59. The maximum atomic E-state index is 13.6. The van der Waals surface area contributed by atoms with Gasteiger partial charge in [-0.1, -0.05) is 6.07 Å². The second-order valence-electron chi connectivity index (χ2n) is 8.60. The first-order valence-corrected chi connectivity index (χ1v) is 11.9. The molecule has 2 N–H and O–H groups in total. The van der Waals surface area contributed by atoms with Crippen LogP contribution >= 0.6 is 0 Å². The number of fused-ring (bicyclic) bond motifs is 1. The molecular formula is C26H30N4O5. The summed E-state index contributed by atoms with van der Waals surface area (Å²) in [5.74, 6) is 1.13. The lowest BCUT2D eigenvalue weighted by atomic mass is 9.95. The van der Waals surface area contributed by atoms with Gasteiger partial charge in [-0.15, -0.1) is 0 Å². The van der Waals surface area contributed by atoms with Gasteiger partial charge < -0.3 is 24.2 Å². The lowest BCUT2D eigenvalue weighted by Gasteiger charge is -2.31. The lowest BCUT2D eigenvalue weighted by molar-refractivity contribution is 0.0316. The van der Waals surface area contributed by atoms with E-state index in [-0.39, 0.29) is 17.7 Å². The topological polar surface area (TPSA) is 100 Å². The number of aromatic nitrogens is 2. The standard InChI is InChI=1S/C26H30N4O5/c1-3-35-21-16-18(6-9-20(21)31)25-22-23(17-4-7-19(33-2)8-5-17)27-28-24(22)26(32)30(25)11-10-29-12-14-34-15-13-29/h4-9,16,25,31H,3,10-15H2,1-2H3,(H,27,28). The predicted molar refractivity (Wildman–Crippen MR) is 130 cm³/mol. The molecule has 35 heavy (non-hydrogen) atoms. The number of nitrogens with zero attached hydrogens (tertiary/aromatic N) is 3. The Bertz CT molecular complexity index is 1190. The number of carbonyl (C=O) groups is 1. The van der Waals surface area contributed by atoms with Gasteiger partial charge in [-0.05, 0) is 48.9 Å². The van der Waals surface area contributed by atoms with Gasteiger partial charge in [-0.25, -0.2) is 0 Å². The smallest absolute Gasteiger partial charge is 0.273 e. The quantitative estimate of drug-likeness (QED) is 0.513. The maximum Gasteiger partial charge on any atom is 0.273 e. The van der Waals surface area contributed by atoms with Crippen molar-refractivity contribution in [2.24, 2.45) is 0 Å². The van der Waals surface area contributed by atoms with Crippen molar-refractivity contribution in [3.8, 4) is 28.5 Å². The van der Waals surface area contributed by atoms with Crippen LogP contribution in [0.5, 0.6) is 17.2 Å². The number of H-pyrrole nitrogens is 1. The third kappa shape index (κ3) is 4.44. The van der Waals surface area contributed by atoms with Gasteiger partial charge in [-0.3, -0.25) is 14.8 Å². The summed E-state index contributed by atoms with van der Waals surface area (Å²) in [6, 6.07) is 12.6. The van der Waals surface area contributed by atoms with Crippen LogP contribution in [0.3, 0.4) is 0 Å². The number of morpholine rings is 1. The Hall–Kier alpha value is -3.56. The molecule has 184 valence electrons. The van der Waals surface area contributed by atoms with E-state index in [0.717, 1.165) is 47.8 Å². The fourth-order valence-electron chi connectivity index (χ4n) is 4.79. The fraction of sp³-hybridized carbons (Fsp3) is 0.385. The van der Waals surface area contributed by atoms with Gasteiger partial charge in [0, 0.05) is 37.3 Å². The molecule has 9 nitrogen and oxygen atoms in total. The van der Waals surface area contributed by atoms with Crippen LogP contribution in [-0.2, 0) is 4.74 Å². The number of phenolic OH excluding ortho intramolecular Hbond substituents is 1. The number of amides is 1. The molecule has 9 heteroatoms. The van der Waals surface area contributed by atoms with Crippen molar-refractivity contribution < 1.29 is 24.1 Å². The Balaban J connectivity index is 1.55. The van der Waals surface area contributed by atoms with Gasteiger partial charge in [0.2, 0.25) is 0 Å². The van der Waals surface area contributed by atoms with Crippen molar-refractivity contribution in [2.75, 3.05) is 53.1 Å². The van der Waals surface area contributed by atoms with Crippen LogP contribution in [0, 0.1) is 0 Å². The van der Waals surface area contributed by atoms with Gasteiger partial charge >= 0.3 is 0 Å². The van der Waals surface area contributed by atoms with Crippen LogP contribution in [0.4, 0.5) is 0 Å². The molecule has 3 aromatic rings. The summed E-state index contributed by atoms with van der Waals surface area (Å²) in [4.78, 5) is 17.8. The highest BCUT2D eigenvalue weighted by Crippen LogP contribution is 2.44. The average molecular weight is 479 g/mol. The molecule has 2 aromatic carbocycles. The molecule has 2 aliphatic rings. The molecule has 0 saturated carbocycles. The van der Waals surface area contributed by atoms with Crippen LogP contribution in [0.15, 0.2) is 42.5 Å². The second kappa shape index (κ2) is 9.97. The molecular weight excluding hydrogens is 448 g/mol. The summed E-state index contributed by atoms with van der Waals surface area (Å²) in [6.07, 6.45) is 0. The van der Waals surface area contributed by atoms with E-state index in [4.69, 9.17) is 14.2 Å². The summed E-state index contributed by atoms with van der Waals surface area (Å²) in [5, 5.41) is 17.8. The van der Waals surface area contributed by atoms with Crippen molar-refractivity contribution in [1.82, 2.24) is 20.0 Å². The first-order chi connectivity index (χ1) is 17.1. The van der Waals surface area contributed by atoms with E-state index in [2.05, 4.69) is 15.1 Å². The van der Waals surface area contributed by atoms with E-state index < -0.39 is 0 Å². The van der Waals surface area contributed by atoms with Crippen molar-refractivity contribution >= 4 is 5.91 Å². The SMILES string of the molecule is CCOc1cc(C2c3c(-c4ccc(OC)cc4)n[nH]c3C(=O)N2CCN2CCOCC2)ccc1O. The van der Waals surface area contributed by atoms with E-state index in [1.165, 1.54) is 0 Å². The molecule has 1 amide bonds. The molecule has 0 radical (unpaired) electrons. The first kappa shape index (κ1) is 23.2. The van der Waals surface area contributed by atoms with Crippen LogP contribution in [0.25, 0.3) is 11.3 Å². The molecule has 3 heterocycles. The number of nitrogens with one attached hydrogen (secondary N) is 1. The summed E-state index contributed by atoms with van der Waals surface area (Å²) in [6.45, 7) is 6.71. The number of carbonyl (C=O) groups excluding carboxylic acids is 1. The van der Waals surface area contributed by atoms with Crippen LogP contribution < -0.4 is 9.47 Å². The molecule has 1 atom stereocenters. The van der Waals surface area contributed by atoms with E-state index in [1.54, 1.807) is 13.2 Å². The minimum Gasteiger partial charge on any atom is -0.504 e. The van der Waals surface area contributed by atoms with Crippen LogP contribution in [-0.4, -0.2) is 84.1 Å². The van der Waals surface area contributed by atoms with Crippen molar-refractivity contribution in [2.45, 2.75) is 13.0 Å². The molecule has 0 aliphatic carbocycles. The van der Waals surface area contributed by atoms with Gasteiger partial charge in [0.15, 0.2) is 11.5 Å². The summed E-state index contributed by atoms with van der Waals surface area (Å²) < 4.78 is 16.4. The normalized spacial score (nSPS) is 18.1. The molecule has 1 unspecified atom stereocenters. The van der Waals surface area contributed by atoms with E-state index in [9.17, 15) is 9.90 Å². The molecule has 2 aliphatic heterocycles. The zero-order chi connectivity index (χ0) is 24.4. The number of benzene rings is 2. The summed E-state index contributed by atoms with van der Waals surface area (Å²) in [7, 11) is 1.63. The van der Waals surface area contributed by atoms with Crippen molar-refractivity contribution in [3.05, 3.63) is 59.3 Å². The number of hydrogen-bond donors (Lipinski definition) is 2. The molecule has 5 rings (SSSR count). The minimum atomic E-state index is -0.366. The van der Waals surface area contributed by atoms with Gasteiger partial charge in [0.05, 0.1) is 38.7 Å². The molecule has 1 aromatic heterocycles. The zero-order valence-corrected chi connectivity index (χ0v) is 20.0. The average Bonchev–Trinajstić information content (AvgIpc) is 3.44. The monoisotopic (exact) mass is 478 g/mol. The lowest BCUT2D eigenvalue weighted by Crippen LogP contribution is -2.42. The number of hydrogen-bond acceptors (Lipinski definition) is 7. The number of aromatic hydroxyl groups is 1. The summed E-state index contributed by atoms with van der Waals surface area (Å²) in [5.41, 5.74) is 3.79. The van der Waals surface area contributed by atoms with Crippen molar-refractivity contribution in [3.63, 3.8) is 0 Å². The second-order valence-corrected chi connectivity index (χ2v) is 8.60. The highest BCUT2D eigenvalue weighted by molar-refractivity contribution is 6.00. The molecule has 1 saturated heterocycles. The Kier molecular flexibility index (Phi) is 6.61. The number of methoxy groups -OCH3 is 1. The van der Waals surface area contributed by atoms with E-state index >= 15 is 0 Å². The fourth-order valence-corrected chi connectivity index (χ4v) is 4.79. The predicted octanol–water partition coefficient (Wildman–Crippen LogP) is 3.07. The van der Waals surface area contributed by atoms with Gasteiger partial charge in [0.25, 0.3) is 5.91 Å². The summed E-state index contributed by atoms with van der Waals surface area (Å²) >= 11 is 0. The van der Waals surface area contributed by atoms with Crippen LogP contribution in [0.2, 0.25) is 0 Å². The minimum absolute atomic E-state index is 0.0718. The largest absolute Gasteiger partial charge is 0.504 e. The molecule has 0 bridgehead atoms. The number of rotatable bonds is 8. The van der Waals surface area contributed by atoms with E-state index in [0.29, 0.717) is 37.8 Å². The molecule has 1 fully saturated rings. The first-order valence-electron chi connectivity index (χ1n) is 11.9. The third-order valence-electron chi connectivity index (χ3n) is 6.59. The zero-order valence-electron chi connectivity index (χ0n) is 20.0. The highest BCUT2D eigenvalue weighted by atomic mass is 16.5. The van der Waals surface area contributed by atoms with Crippen molar-refractivity contribution in [1.29, 1.82) is 0 Å². The molecule has 0 spiro atoms. The van der Waals surface area contributed by atoms with Gasteiger partial charge in [-0.2, -0.15) is 5.10 Å². The maximum absolute atomic E-state index is 13.6. The number of ether oxygens (including phenoxy) is 3. The van der Waals surface area contributed by atoms with Crippen LogP contribution in [0.1, 0.15) is 34.6 Å². The highest BCUT2D eigenvalue weighted by Gasteiger charge is 2.42. The Morgan fingerprint density at radius 3 is 2.63 bits per heavy atom.